The summed E-state index contributed by atoms with van der Waals surface area (Å²) in [7, 11) is 0. The average Bonchev–Trinajstić information content (AvgIpc) is 2.56. The smallest absolute Gasteiger partial charge is 0.313 e. The number of nitro benzene ring substituents is 1. The molecule has 0 heterocycles. The average molecular weight is 357 g/mol. The van der Waals surface area contributed by atoms with Crippen molar-refractivity contribution >= 4 is 34.8 Å². The molecule has 24 heavy (non-hydrogen) atoms. The quantitative estimate of drug-likeness (QED) is 0.321. The minimum atomic E-state index is -0.880. The van der Waals surface area contributed by atoms with Crippen LogP contribution in [-0.2, 0) is 9.59 Å². The molecule has 9 heteroatoms. The zero-order chi connectivity index (χ0) is 18.1. The fourth-order valence-corrected chi connectivity index (χ4v) is 2.23. The number of nitro groups is 1. The van der Waals surface area contributed by atoms with Gasteiger partial charge in [0.05, 0.1) is 4.92 Å². The SMILES string of the molecule is CCN(CC)CCCNC(=O)C(=O)Nc1ccc(Cl)c([N+](=O)[O-])c1. The highest BCUT2D eigenvalue weighted by atomic mass is 35.5. The predicted octanol–water partition coefficient (Wildman–Crippen LogP) is 2.03. The molecule has 0 saturated heterocycles. The second-order valence-corrected chi connectivity index (χ2v) is 5.42. The normalized spacial score (nSPS) is 10.5. The molecule has 0 aliphatic carbocycles. The van der Waals surface area contributed by atoms with Crippen molar-refractivity contribution in [1.82, 2.24) is 10.2 Å². The largest absolute Gasteiger partial charge is 0.348 e. The van der Waals surface area contributed by atoms with Crippen LogP contribution >= 0.6 is 11.6 Å². The molecule has 0 radical (unpaired) electrons. The minimum absolute atomic E-state index is 0.0427. The summed E-state index contributed by atoms with van der Waals surface area (Å²) in [5.41, 5.74) is -0.205. The van der Waals surface area contributed by atoms with Crippen molar-refractivity contribution in [3.05, 3.63) is 33.3 Å². The summed E-state index contributed by atoms with van der Waals surface area (Å²) in [6.07, 6.45) is 0.729. The number of benzene rings is 1. The summed E-state index contributed by atoms with van der Waals surface area (Å²) >= 11 is 5.69. The number of carbonyl (C=O) groups excluding carboxylic acids is 2. The van der Waals surface area contributed by atoms with E-state index in [0.717, 1.165) is 32.1 Å². The molecule has 8 nitrogen and oxygen atoms in total. The molecule has 0 aliphatic rings. The molecule has 2 amide bonds. The molecule has 0 unspecified atom stereocenters. The van der Waals surface area contributed by atoms with Crippen molar-refractivity contribution in [3.8, 4) is 0 Å². The summed E-state index contributed by atoms with van der Waals surface area (Å²) in [6.45, 7) is 7.18. The Hall–Kier alpha value is -2.19. The van der Waals surface area contributed by atoms with E-state index < -0.39 is 16.7 Å². The van der Waals surface area contributed by atoms with Gasteiger partial charge in [-0.05, 0) is 38.2 Å². The first kappa shape index (κ1) is 19.9. The van der Waals surface area contributed by atoms with Crippen LogP contribution in [0.15, 0.2) is 18.2 Å². The van der Waals surface area contributed by atoms with Gasteiger partial charge in [0.25, 0.3) is 5.69 Å². The number of halogens is 1. The highest BCUT2D eigenvalue weighted by molar-refractivity contribution is 6.39. The van der Waals surface area contributed by atoms with Crippen LogP contribution in [-0.4, -0.2) is 47.8 Å². The lowest BCUT2D eigenvalue weighted by molar-refractivity contribution is -0.384. The number of carbonyl (C=O) groups is 2. The van der Waals surface area contributed by atoms with E-state index in [1.807, 2.05) is 0 Å². The maximum Gasteiger partial charge on any atom is 0.313 e. The Morgan fingerprint density at radius 1 is 1.25 bits per heavy atom. The van der Waals surface area contributed by atoms with Gasteiger partial charge in [0, 0.05) is 18.3 Å². The first-order chi connectivity index (χ1) is 11.4. The summed E-state index contributed by atoms with van der Waals surface area (Å²) in [4.78, 5) is 35.8. The highest BCUT2D eigenvalue weighted by Crippen LogP contribution is 2.27. The van der Waals surface area contributed by atoms with Crippen LogP contribution in [0.2, 0.25) is 5.02 Å². The Labute approximate surface area is 145 Å². The van der Waals surface area contributed by atoms with E-state index in [1.165, 1.54) is 12.1 Å². The van der Waals surface area contributed by atoms with Gasteiger partial charge in [0.1, 0.15) is 5.02 Å². The molecule has 0 aliphatic heterocycles. The summed E-state index contributed by atoms with van der Waals surface area (Å²) < 4.78 is 0. The molecule has 132 valence electrons. The molecule has 1 aromatic carbocycles. The van der Waals surface area contributed by atoms with E-state index in [4.69, 9.17) is 11.6 Å². The van der Waals surface area contributed by atoms with Crippen LogP contribution in [0.4, 0.5) is 11.4 Å². The molecule has 1 rings (SSSR count). The number of amides is 2. The van der Waals surface area contributed by atoms with Gasteiger partial charge < -0.3 is 15.5 Å². The van der Waals surface area contributed by atoms with Gasteiger partial charge in [0.2, 0.25) is 0 Å². The summed E-state index contributed by atoms with van der Waals surface area (Å²) in [5.74, 6) is -1.67. The Morgan fingerprint density at radius 3 is 2.50 bits per heavy atom. The fourth-order valence-electron chi connectivity index (χ4n) is 2.04. The molecule has 2 N–H and O–H groups in total. The van der Waals surface area contributed by atoms with Crippen LogP contribution in [0, 0.1) is 10.1 Å². The third-order valence-corrected chi connectivity index (χ3v) is 3.76. The molecule has 0 saturated carbocycles. The lowest BCUT2D eigenvalue weighted by Gasteiger charge is -2.17. The van der Waals surface area contributed by atoms with Gasteiger partial charge >= 0.3 is 11.8 Å². The second kappa shape index (κ2) is 9.84. The van der Waals surface area contributed by atoms with Crippen LogP contribution in [0.3, 0.4) is 0 Å². The number of nitrogens with zero attached hydrogens (tertiary/aromatic N) is 2. The number of anilines is 1. The van der Waals surface area contributed by atoms with Gasteiger partial charge in [-0.25, -0.2) is 0 Å². The lowest BCUT2D eigenvalue weighted by atomic mass is 10.2. The van der Waals surface area contributed by atoms with Crippen molar-refractivity contribution in [1.29, 1.82) is 0 Å². The second-order valence-electron chi connectivity index (χ2n) is 5.01. The molecular weight excluding hydrogens is 336 g/mol. The van der Waals surface area contributed by atoms with Crippen LogP contribution in [0.5, 0.6) is 0 Å². The standard InChI is InChI=1S/C15H21ClN4O4/c1-3-19(4-2)9-5-8-17-14(21)15(22)18-11-6-7-12(16)13(10-11)20(23)24/h6-7,10H,3-5,8-9H2,1-2H3,(H,17,21)(H,18,22). The summed E-state index contributed by atoms with van der Waals surface area (Å²) in [5, 5.41) is 15.6. The van der Waals surface area contributed by atoms with Crippen LogP contribution in [0.25, 0.3) is 0 Å². The molecule has 0 spiro atoms. The van der Waals surface area contributed by atoms with Crippen molar-refractivity contribution < 1.29 is 14.5 Å². The van der Waals surface area contributed by atoms with Crippen LogP contribution < -0.4 is 10.6 Å². The van der Waals surface area contributed by atoms with Gasteiger partial charge in [-0.1, -0.05) is 25.4 Å². The third-order valence-electron chi connectivity index (χ3n) is 3.44. The van der Waals surface area contributed by atoms with E-state index in [9.17, 15) is 19.7 Å². The maximum atomic E-state index is 11.8. The monoisotopic (exact) mass is 356 g/mol. The molecule has 0 atom stereocenters. The fraction of sp³-hybridized carbons (Fsp3) is 0.467. The van der Waals surface area contributed by atoms with Crippen molar-refractivity contribution in [3.63, 3.8) is 0 Å². The molecular formula is C15H21ClN4O4. The number of hydrogen-bond acceptors (Lipinski definition) is 5. The predicted molar refractivity (Wildman–Crippen MR) is 92.2 cm³/mol. The van der Waals surface area contributed by atoms with E-state index in [-0.39, 0.29) is 16.4 Å². The van der Waals surface area contributed by atoms with Gasteiger partial charge in [-0.15, -0.1) is 0 Å². The zero-order valence-electron chi connectivity index (χ0n) is 13.7. The Morgan fingerprint density at radius 2 is 1.92 bits per heavy atom. The lowest BCUT2D eigenvalue weighted by Crippen LogP contribution is -2.37. The topological polar surface area (TPSA) is 105 Å². The van der Waals surface area contributed by atoms with Gasteiger partial charge in [-0.3, -0.25) is 19.7 Å². The minimum Gasteiger partial charge on any atom is -0.348 e. The number of hydrogen-bond donors (Lipinski definition) is 2. The summed E-state index contributed by atoms with van der Waals surface area (Å²) in [6, 6.07) is 3.78. The number of nitrogens with one attached hydrogen (secondary N) is 2. The van der Waals surface area contributed by atoms with E-state index in [1.54, 1.807) is 0 Å². The van der Waals surface area contributed by atoms with Crippen molar-refractivity contribution in [2.45, 2.75) is 20.3 Å². The molecule has 0 bridgehead atoms. The Balaban J connectivity index is 2.48. The molecule has 1 aromatic rings. The van der Waals surface area contributed by atoms with Crippen LogP contribution in [0.1, 0.15) is 20.3 Å². The first-order valence-corrected chi connectivity index (χ1v) is 8.02. The Kier molecular flexibility index (Phi) is 8.14. The third kappa shape index (κ3) is 6.13. The van der Waals surface area contributed by atoms with Crippen molar-refractivity contribution in [2.75, 3.05) is 31.5 Å². The molecule has 0 fully saturated rings. The highest BCUT2D eigenvalue weighted by Gasteiger charge is 2.17. The maximum absolute atomic E-state index is 11.8. The van der Waals surface area contributed by atoms with Crippen molar-refractivity contribution in [2.24, 2.45) is 0 Å². The van der Waals surface area contributed by atoms with E-state index >= 15 is 0 Å². The zero-order valence-corrected chi connectivity index (χ0v) is 14.4. The molecule has 0 aromatic heterocycles. The number of rotatable bonds is 8. The first-order valence-electron chi connectivity index (χ1n) is 7.64. The Bertz CT molecular complexity index is 605. The van der Waals surface area contributed by atoms with Gasteiger partial charge in [-0.2, -0.15) is 0 Å². The van der Waals surface area contributed by atoms with E-state index in [0.29, 0.717) is 6.54 Å². The van der Waals surface area contributed by atoms with E-state index in [2.05, 4.69) is 29.4 Å². The van der Waals surface area contributed by atoms with Gasteiger partial charge in [0.15, 0.2) is 0 Å².